The number of nitrogens with one attached hydrogen (secondary N) is 2. The standard InChI is InChI=1S/C23H24ClFN4O2/c1-14-4-5-17(12-21(14)25)23(31)27-11-10-26-22(30)13-20-15(2)28-29(16(20)3)19-8-6-18(24)7-9-19/h4-9,12H,10-11,13H2,1-3H3,(H,26,30)(H,27,31). The maximum absolute atomic E-state index is 13.6. The number of amides is 2. The van der Waals surface area contributed by atoms with Gasteiger partial charge in [0.15, 0.2) is 0 Å². The lowest BCUT2D eigenvalue weighted by molar-refractivity contribution is -0.120. The van der Waals surface area contributed by atoms with Gasteiger partial charge in [-0.25, -0.2) is 9.07 Å². The molecule has 0 saturated heterocycles. The minimum absolute atomic E-state index is 0.169. The van der Waals surface area contributed by atoms with Crippen LogP contribution in [0.15, 0.2) is 42.5 Å². The number of benzene rings is 2. The van der Waals surface area contributed by atoms with Crippen molar-refractivity contribution in [3.05, 3.63) is 81.4 Å². The molecule has 0 fully saturated rings. The van der Waals surface area contributed by atoms with Crippen molar-refractivity contribution in [1.29, 1.82) is 0 Å². The van der Waals surface area contributed by atoms with E-state index >= 15 is 0 Å². The second-order valence-electron chi connectivity index (χ2n) is 7.28. The first kappa shape index (κ1) is 22.5. The Balaban J connectivity index is 1.52. The van der Waals surface area contributed by atoms with Crippen molar-refractivity contribution in [2.45, 2.75) is 27.2 Å². The van der Waals surface area contributed by atoms with Gasteiger partial charge in [0.1, 0.15) is 5.82 Å². The molecule has 3 aromatic rings. The maximum atomic E-state index is 13.6. The van der Waals surface area contributed by atoms with Crippen LogP contribution >= 0.6 is 11.6 Å². The third kappa shape index (κ3) is 5.49. The highest BCUT2D eigenvalue weighted by atomic mass is 35.5. The van der Waals surface area contributed by atoms with Gasteiger partial charge in [0.2, 0.25) is 5.91 Å². The molecule has 2 amide bonds. The zero-order valence-electron chi connectivity index (χ0n) is 17.6. The van der Waals surface area contributed by atoms with E-state index in [4.69, 9.17) is 11.6 Å². The van der Waals surface area contributed by atoms with Crippen molar-refractivity contribution in [1.82, 2.24) is 20.4 Å². The molecule has 8 heteroatoms. The molecule has 1 heterocycles. The summed E-state index contributed by atoms with van der Waals surface area (Å²) in [5.41, 5.74) is 4.10. The number of hydrogen-bond acceptors (Lipinski definition) is 3. The highest BCUT2D eigenvalue weighted by Crippen LogP contribution is 2.20. The molecular weight excluding hydrogens is 419 g/mol. The van der Waals surface area contributed by atoms with Crippen LogP contribution in [-0.2, 0) is 11.2 Å². The van der Waals surface area contributed by atoms with Crippen LogP contribution < -0.4 is 10.6 Å². The molecule has 0 aliphatic rings. The lowest BCUT2D eigenvalue weighted by Gasteiger charge is -2.09. The van der Waals surface area contributed by atoms with Gasteiger partial charge < -0.3 is 10.6 Å². The van der Waals surface area contributed by atoms with Gasteiger partial charge in [-0.15, -0.1) is 0 Å². The summed E-state index contributed by atoms with van der Waals surface area (Å²) in [7, 11) is 0. The summed E-state index contributed by atoms with van der Waals surface area (Å²) in [5.74, 6) is -0.979. The maximum Gasteiger partial charge on any atom is 0.251 e. The molecular formula is C23H24ClFN4O2. The van der Waals surface area contributed by atoms with Crippen molar-refractivity contribution >= 4 is 23.4 Å². The van der Waals surface area contributed by atoms with Crippen LogP contribution in [0.25, 0.3) is 5.69 Å². The molecule has 0 bridgehead atoms. The van der Waals surface area contributed by atoms with Crippen LogP contribution in [0.5, 0.6) is 0 Å². The van der Waals surface area contributed by atoms with Gasteiger partial charge in [-0.1, -0.05) is 17.7 Å². The minimum atomic E-state index is -0.425. The van der Waals surface area contributed by atoms with E-state index in [-0.39, 0.29) is 36.9 Å². The van der Waals surface area contributed by atoms with Crippen molar-refractivity contribution in [3.8, 4) is 5.69 Å². The molecule has 1 aromatic heterocycles. The van der Waals surface area contributed by atoms with E-state index in [0.717, 1.165) is 22.6 Å². The lowest BCUT2D eigenvalue weighted by Crippen LogP contribution is -2.35. The normalized spacial score (nSPS) is 10.7. The summed E-state index contributed by atoms with van der Waals surface area (Å²) >= 11 is 5.95. The molecule has 0 unspecified atom stereocenters. The van der Waals surface area contributed by atoms with Crippen LogP contribution in [0, 0.1) is 26.6 Å². The van der Waals surface area contributed by atoms with Crippen LogP contribution in [0.4, 0.5) is 4.39 Å². The number of hydrogen-bond donors (Lipinski definition) is 2. The molecule has 0 saturated carbocycles. The van der Waals surface area contributed by atoms with E-state index in [9.17, 15) is 14.0 Å². The molecule has 31 heavy (non-hydrogen) atoms. The Morgan fingerprint density at radius 2 is 1.71 bits per heavy atom. The zero-order chi connectivity index (χ0) is 22.5. The number of rotatable bonds is 7. The summed E-state index contributed by atoms with van der Waals surface area (Å²) in [6.07, 6.45) is 0.183. The zero-order valence-corrected chi connectivity index (χ0v) is 18.4. The topological polar surface area (TPSA) is 76.0 Å². The van der Waals surface area contributed by atoms with Gasteiger partial charge in [0, 0.05) is 34.9 Å². The average Bonchev–Trinajstić information content (AvgIpc) is 3.02. The van der Waals surface area contributed by atoms with Gasteiger partial charge in [0.05, 0.1) is 17.8 Å². The Morgan fingerprint density at radius 3 is 2.39 bits per heavy atom. The number of carbonyl (C=O) groups is 2. The van der Waals surface area contributed by atoms with Gasteiger partial charge in [-0.2, -0.15) is 5.10 Å². The van der Waals surface area contributed by atoms with Crippen molar-refractivity contribution in [2.24, 2.45) is 0 Å². The van der Waals surface area contributed by atoms with Crippen LogP contribution in [0.3, 0.4) is 0 Å². The smallest absolute Gasteiger partial charge is 0.251 e. The van der Waals surface area contributed by atoms with Crippen molar-refractivity contribution in [3.63, 3.8) is 0 Å². The molecule has 2 aromatic carbocycles. The molecule has 0 atom stereocenters. The molecule has 162 valence electrons. The summed E-state index contributed by atoms with van der Waals surface area (Å²) in [4.78, 5) is 24.5. The summed E-state index contributed by atoms with van der Waals surface area (Å²) in [6.45, 7) is 5.92. The fourth-order valence-electron chi connectivity index (χ4n) is 3.20. The summed E-state index contributed by atoms with van der Waals surface area (Å²) < 4.78 is 15.4. The molecule has 0 radical (unpaired) electrons. The fraction of sp³-hybridized carbons (Fsp3) is 0.261. The number of halogens is 2. The quantitative estimate of drug-likeness (QED) is 0.548. The van der Waals surface area contributed by atoms with E-state index in [1.54, 1.807) is 35.9 Å². The molecule has 0 aliphatic carbocycles. The Bertz CT molecular complexity index is 1110. The van der Waals surface area contributed by atoms with Crippen LogP contribution in [0.1, 0.15) is 32.9 Å². The van der Waals surface area contributed by atoms with E-state index in [2.05, 4.69) is 15.7 Å². The average molecular weight is 443 g/mol. The van der Waals surface area contributed by atoms with Crippen LogP contribution in [-0.4, -0.2) is 34.7 Å². The summed E-state index contributed by atoms with van der Waals surface area (Å²) in [6, 6.07) is 11.6. The SMILES string of the molecule is Cc1ccc(C(=O)NCCNC(=O)Cc2c(C)nn(-c3ccc(Cl)cc3)c2C)cc1F. The Hall–Kier alpha value is -3.19. The predicted molar refractivity (Wildman–Crippen MR) is 118 cm³/mol. The molecule has 3 rings (SSSR count). The Morgan fingerprint density at radius 1 is 1.03 bits per heavy atom. The van der Waals surface area contributed by atoms with E-state index < -0.39 is 5.82 Å². The Labute approximate surface area is 185 Å². The first-order valence-electron chi connectivity index (χ1n) is 9.88. The lowest BCUT2D eigenvalue weighted by atomic mass is 10.1. The van der Waals surface area contributed by atoms with Crippen molar-refractivity contribution in [2.75, 3.05) is 13.1 Å². The van der Waals surface area contributed by atoms with Gasteiger partial charge >= 0.3 is 0 Å². The first-order chi connectivity index (χ1) is 14.8. The number of carbonyl (C=O) groups excluding carboxylic acids is 2. The van der Waals surface area contributed by atoms with E-state index in [1.807, 2.05) is 26.0 Å². The monoisotopic (exact) mass is 442 g/mol. The second-order valence-corrected chi connectivity index (χ2v) is 7.72. The molecule has 2 N–H and O–H groups in total. The highest BCUT2D eigenvalue weighted by Gasteiger charge is 2.16. The van der Waals surface area contributed by atoms with E-state index in [0.29, 0.717) is 10.6 Å². The highest BCUT2D eigenvalue weighted by molar-refractivity contribution is 6.30. The minimum Gasteiger partial charge on any atom is -0.354 e. The Kier molecular flexibility index (Phi) is 7.07. The number of aromatic nitrogens is 2. The third-order valence-electron chi connectivity index (χ3n) is 5.02. The fourth-order valence-corrected chi connectivity index (χ4v) is 3.33. The molecule has 0 aliphatic heterocycles. The van der Waals surface area contributed by atoms with E-state index in [1.165, 1.54) is 6.07 Å². The van der Waals surface area contributed by atoms with Crippen LogP contribution in [0.2, 0.25) is 5.02 Å². The molecule has 0 spiro atoms. The second kappa shape index (κ2) is 9.75. The summed E-state index contributed by atoms with van der Waals surface area (Å²) in [5, 5.41) is 10.6. The number of aryl methyl sites for hydroxylation is 2. The van der Waals surface area contributed by atoms with Gasteiger partial charge in [-0.3, -0.25) is 9.59 Å². The van der Waals surface area contributed by atoms with Crippen molar-refractivity contribution < 1.29 is 14.0 Å². The number of nitrogens with zero attached hydrogens (tertiary/aromatic N) is 2. The van der Waals surface area contributed by atoms with Gasteiger partial charge in [0.25, 0.3) is 5.91 Å². The molecule has 6 nitrogen and oxygen atoms in total. The predicted octanol–water partition coefficient (Wildman–Crippen LogP) is 3.68. The first-order valence-corrected chi connectivity index (χ1v) is 10.3. The largest absolute Gasteiger partial charge is 0.354 e. The van der Waals surface area contributed by atoms with Gasteiger partial charge in [-0.05, 0) is 62.7 Å². The third-order valence-corrected chi connectivity index (χ3v) is 5.27.